The predicted molar refractivity (Wildman–Crippen MR) is 115 cm³/mol. The van der Waals surface area contributed by atoms with Crippen LogP contribution in [0.15, 0.2) is 36.7 Å². The second kappa shape index (κ2) is 10.0. The van der Waals surface area contributed by atoms with Crippen LogP contribution in [0.25, 0.3) is 0 Å². The Morgan fingerprint density at radius 2 is 1.62 bits per heavy atom. The number of carbonyl (C=O) groups is 2. The summed E-state index contributed by atoms with van der Waals surface area (Å²) in [6, 6.07) is 6.50. The number of methoxy groups -OCH3 is 3. The summed E-state index contributed by atoms with van der Waals surface area (Å²) in [7, 11) is 4.45. The molecular weight excluding hydrogens is 418 g/mol. The molecule has 0 aliphatic carbocycles. The van der Waals surface area contributed by atoms with Crippen molar-refractivity contribution in [3.05, 3.63) is 47.8 Å². The molecule has 2 heterocycles. The molecule has 32 heavy (non-hydrogen) atoms. The van der Waals surface area contributed by atoms with Crippen LogP contribution in [0.2, 0.25) is 0 Å². The Balaban J connectivity index is 1.73. The quantitative estimate of drug-likeness (QED) is 0.466. The summed E-state index contributed by atoms with van der Waals surface area (Å²) in [6.07, 6.45) is 2.89. The van der Waals surface area contributed by atoms with E-state index in [1.165, 1.54) is 27.5 Å². The van der Waals surface area contributed by atoms with E-state index in [0.717, 1.165) is 0 Å². The predicted octanol–water partition coefficient (Wildman–Crippen LogP) is 1.31. The molecule has 0 saturated heterocycles. The Bertz CT molecular complexity index is 1100. The van der Waals surface area contributed by atoms with Crippen LogP contribution >= 0.6 is 0 Å². The van der Waals surface area contributed by atoms with Crippen LogP contribution in [0.4, 0.5) is 17.8 Å². The maximum atomic E-state index is 12.5. The molecule has 2 aromatic heterocycles. The fraction of sp³-hybridized carbons (Fsp3) is 0.200. The maximum absolute atomic E-state index is 12.5. The van der Waals surface area contributed by atoms with Crippen LogP contribution in [0.1, 0.15) is 15.9 Å². The lowest BCUT2D eigenvalue weighted by atomic mass is 10.1. The molecule has 1 aromatic carbocycles. The average Bonchev–Trinajstić information content (AvgIpc) is 2.78. The monoisotopic (exact) mass is 439 g/mol. The normalized spacial score (nSPS) is 10.2. The van der Waals surface area contributed by atoms with Gasteiger partial charge in [0.15, 0.2) is 11.5 Å². The zero-order chi connectivity index (χ0) is 23.1. The molecule has 12 nitrogen and oxygen atoms in total. The molecule has 166 valence electrons. The standard InChI is InChI=1S/C20H21N7O5/c1-30-13-7-11(8-14(31-2)16(13)32-3)9-15(28)23-19-25-18(21)26-20(27-19)24-17(29)12-5-4-6-22-10-12/h4-8,10H,9H2,1-3H3,(H4,21,23,24,25,26,27,28,29). The number of aromatic nitrogens is 4. The third-order valence-electron chi connectivity index (χ3n) is 4.14. The van der Waals surface area contributed by atoms with Gasteiger partial charge in [-0.15, -0.1) is 0 Å². The molecule has 0 radical (unpaired) electrons. The van der Waals surface area contributed by atoms with E-state index >= 15 is 0 Å². The summed E-state index contributed by atoms with van der Waals surface area (Å²) in [4.78, 5) is 40.4. The van der Waals surface area contributed by atoms with E-state index in [0.29, 0.717) is 28.4 Å². The van der Waals surface area contributed by atoms with Crippen LogP contribution in [0.3, 0.4) is 0 Å². The fourth-order valence-electron chi connectivity index (χ4n) is 2.77. The van der Waals surface area contributed by atoms with Crippen molar-refractivity contribution in [1.82, 2.24) is 19.9 Å². The zero-order valence-electron chi connectivity index (χ0n) is 17.6. The third kappa shape index (κ3) is 5.36. The Kier molecular flexibility index (Phi) is 6.95. The summed E-state index contributed by atoms with van der Waals surface area (Å²) in [5.41, 5.74) is 6.59. The number of anilines is 3. The number of nitrogens with one attached hydrogen (secondary N) is 2. The van der Waals surface area contributed by atoms with Crippen molar-refractivity contribution >= 4 is 29.7 Å². The van der Waals surface area contributed by atoms with Crippen LogP contribution in [0, 0.1) is 0 Å². The average molecular weight is 439 g/mol. The van der Waals surface area contributed by atoms with Gasteiger partial charge in [-0.25, -0.2) is 0 Å². The number of ether oxygens (including phenoxy) is 3. The number of nitrogens with zero attached hydrogens (tertiary/aromatic N) is 4. The van der Waals surface area contributed by atoms with Gasteiger partial charge in [-0.05, 0) is 29.8 Å². The van der Waals surface area contributed by atoms with E-state index in [-0.39, 0.29) is 24.3 Å². The highest BCUT2D eigenvalue weighted by Gasteiger charge is 2.16. The van der Waals surface area contributed by atoms with Crippen molar-refractivity contribution in [3.8, 4) is 17.2 Å². The van der Waals surface area contributed by atoms with Crippen LogP contribution in [0.5, 0.6) is 17.2 Å². The highest BCUT2D eigenvalue weighted by molar-refractivity contribution is 6.03. The number of benzene rings is 1. The molecule has 0 fully saturated rings. The molecule has 0 spiro atoms. The first kappa shape index (κ1) is 22.2. The van der Waals surface area contributed by atoms with Gasteiger partial charge < -0.3 is 19.9 Å². The zero-order valence-corrected chi connectivity index (χ0v) is 17.6. The molecule has 0 bridgehead atoms. The Morgan fingerprint density at radius 1 is 0.969 bits per heavy atom. The minimum Gasteiger partial charge on any atom is -0.493 e. The van der Waals surface area contributed by atoms with Gasteiger partial charge in [0, 0.05) is 12.4 Å². The van der Waals surface area contributed by atoms with E-state index in [1.54, 1.807) is 30.5 Å². The van der Waals surface area contributed by atoms with Gasteiger partial charge in [0.25, 0.3) is 5.91 Å². The van der Waals surface area contributed by atoms with Gasteiger partial charge in [-0.2, -0.15) is 15.0 Å². The molecule has 12 heteroatoms. The number of carbonyl (C=O) groups excluding carboxylic acids is 2. The van der Waals surface area contributed by atoms with Gasteiger partial charge in [0.2, 0.25) is 29.5 Å². The first-order valence-corrected chi connectivity index (χ1v) is 9.25. The summed E-state index contributed by atoms with van der Waals surface area (Å²) in [5, 5.41) is 5.02. The summed E-state index contributed by atoms with van der Waals surface area (Å²) < 4.78 is 15.9. The van der Waals surface area contributed by atoms with Gasteiger partial charge >= 0.3 is 0 Å². The molecule has 3 rings (SSSR count). The lowest BCUT2D eigenvalue weighted by Crippen LogP contribution is -2.20. The van der Waals surface area contributed by atoms with Crippen LogP contribution in [-0.4, -0.2) is 53.1 Å². The van der Waals surface area contributed by atoms with Gasteiger partial charge in [0.1, 0.15) is 0 Å². The molecular formula is C20H21N7O5. The molecule has 0 saturated carbocycles. The van der Waals surface area contributed by atoms with Crippen molar-refractivity contribution in [2.45, 2.75) is 6.42 Å². The van der Waals surface area contributed by atoms with E-state index in [2.05, 4.69) is 30.6 Å². The minimum atomic E-state index is -0.488. The Morgan fingerprint density at radius 3 is 2.19 bits per heavy atom. The third-order valence-corrected chi connectivity index (χ3v) is 4.14. The van der Waals surface area contributed by atoms with Crippen molar-refractivity contribution in [2.24, 2.45) is 0 Å². The SMILES string of the molecule is COc1cc(CC(=O)Nc2nc(N)nc(NC(=O)c3cccnc3)n2)cc(OC)c1OC. The highest BCUT2D eigenvalue weighted by Crippen LogP contribution is 2.38. The van der Waals surface area contributed by atoms with E-state index in [9.17, 15) is 9.59 Å². The smallest absolute Gasteiger partial charge is 0.259 e. The Hall–Kier alpha value is -4.48. The number of hydrogen-bond acceptors (Lipinski definition) is 10. The van der Waals surface area contributed by atoms with Crippen molar-refractivity contribution in [1.29, 1.82) is 0 Å². The largest absolute Gasteiger partial charge is 0.493 e. The van der Waals surface area contributed by atoms with Gasteiger partial charge in [-0.1, -0.05) is 0 Å². The molecule has 0 unspecified atom stereocenters. The second-order valence-corrected chi connectivity index (χ2v) is 6.30. The van der Waals surface area contributed by atoms with Crippen molar-refractivity contribution in [3.63, 3.8) is 0 Å². The van der Waals surface area contributed by atoms with Crippen LogP contribution < -0.4 is 30.6 Å². The maximum Gasteiger partial charge on any atom is 0.259 e. The highest BCUT2D eigenvalue weighted by atomic mass is 16.5. The number of hydrogen-bond donors (Lipinski definition) is 3. The molecule has 3 aromatic rings. The number of nitrogens with two attached hydrogens (primary N) is 1. The first-order chi connectivity index (χ1) is 15.4. The number of rotatable bonds is 8. The van der Waals surface area contributed by atoms with Crippen molar-refractivity contribution < 1.29 is 23.8 Å². The molecule has 0 aliphatic rings. The molecule has 0 atom stereocenters. The van der Waals surface area contributed by atoms with E-state index < -0.39 is 11.8 Å². The Labute approximate surface area is 183 Å². The summed E-state index contributed by atoms with van der Waals surface area (Å²) >= 11 is 0. The number of nitrogen functional groups attached to an aromatic ring is 1. The second-order valence-electron chi connectivity index (χ2n) is 6.30. The molecule has 4 N–H and O–H groups in total. The number of amides is 2. The van der Waals surface area contributed by atoms with Gasteiger partial charge in [-0.3, -0.25) is 25.2 Å². The first-order valence-electron chi connectivity index (χ1n) is 9.25. The summed E-state index contributed by atoms with van der Waals surface area (Å²) in [6.45, 7) is 0. The fourth-order valence-corrected chi connectivity index (χ4v) is 2.77. The van der Waals surface area contributed by atoms with E-state index in [1.807, 2.05) is 0 Å². The lowest BCUT2D eigenvalue weighted by Gasteiger charge is -2.14. The minimum absolute atomic E-state index is 0.0420. The van der Waals surface area contributed by atoms with E-state index in [4.69, 9.17) is 19.9 Å². The van der Waals surface area contributed by atoms with Gasteiger partial charge in [0.05, 0.1) is 33.3 Å². The lowest BCUT2D eigenvalue weighted by molar-refractivity contribution is -0.115. The van der Waals surface area contributed by atoms with Crippen LogP contribution in [-0.2, 0) is 11.2 Å². The topological polar surface area (TPSA) is 163 Å². The molecule has 0 aliphatic heterocycles. The molecule has 2 amide bonds. The number of pyridine rings is 1. The van der Waals surface area contributed by atoms with Crippen molar-refractivity contribution in [2.75, 3.05) is 37.7 Å². The summed E-state index contributed by atoms with van der Waals surface area (Å²) in [5.74, 6) is -0.0828.